The lowest BCUT2D eigenvalue weighted by atomic mass is 10.00. The second kappa shape index (κ2) is 6.05. The molecular formula is C14H18Cl2N2. The van der Waals surface area contributed by atoms with Crippen LogP contribution in [0.5, 0.6) is 0 Å². The summed E-state index contributed by atoms with van der Waals surface area (Å²) in [6.07, 6.45) is 3.32. The van der Waals surface area contributed by atoms with Crippen LogP contribution in [-0.4, -0.2) is 29.5 Å². The monoisotopic (exact) mass is 284 g/mol. The van der Waals surface area contributed by atoms with Crippen LogP contribution in [0.25, 0.3) is 5.57 Å². The second-order valence-electron chi connectivity index (χ2n) is 5.13. The summed E-state index contributed by atoms with van der Waals surface area (Å²) < 4.78 is 0. The van der Waals surface area contributed by atoms with Crippen molar-refractivity contribution < 1.29 is 0 Å². The standard InChI is InChI=1S/C14H18Cl2N2/c1-10(2)9-18-5-3-11(4-6-18)12-7-13(15)17-14(16)8-12/h3,7-8,10H,4-6,9H2,1-2H3. The van der Waals surface area contributed by atoms with Crippen LogP contribution in [-0.2, 0) is 0 Å². The first-order valence-corrected chi connectivity index (χ1v) is 7.05. The average molecular weight is 285 g/mol. The van der Waals surface area contributed by atoms with Crippen LogP contribution in [0.4, 0.5) is 0 Å². The fraction of sp³-hybridized carbons (Fsp3) is 0.500. The summed E-state index contributed by atoms with van der Waals surface area (Å²) in [5, 5.41) is 0.922. The molecule has 0 saturated heterocycles. The quantitative estimate of drug-likeness (QED) is 0.776. The zero-order chi connectivity index (χ0) is 13.1. The van der Waals surface area contributed by atoms with Gasteiger partial charge in [-0.3, -0.25) is 4.90 Å². The van der Waals surface area contributed by atoms with Crippen molar-refractivity contribution in [3.05, 3.63) is 34.1 Å². The predicted molar refractivity (Wildman–Crippen MR) is 78.1 cm³/mol. The number of hydrogen-bond donors (Lipinski definition) is 0. The van der Waals surface area contributed by atoms with Crippen molar-refractivity contribution in [1.82, 2.24) is 9.88 Å². The minimum atomic E-state index is 0.461. The van der Waals surface area contributed by atoms with E-state index in [1.807, 2.05) is 12.1 Å². The van der Waals surface area contributed by atoms with Gasteiger partial charge in [0.2, 0.25) is 0 Å². The van der Waals surface area contributed by atoms with E-state index < -0.39 is 0 Å². The van der Waals surface area contributed by atoms with E-state index >= 15 is 0 Å². The second-order valence-corrected chi connectivity index (χ2v) is 5.91. The molecule has 0 amide bonds. The highest BCUT2D eigenvalue weighted by atomic mass is 35.5. The van der Waals surface area contributed by atoms with Gasteiger partial charge in [0.15, 0.2) is 0 Å². The molecule has 98 valence electrons. The Hall–Kier alpha value is -0.570. The van der Waals surface area contributed by atoms with Crippen molar-refractivity contribution in [2.75, 3.05) is 19.6 Å². The van der Waals surface area contributed by atoms with E-state index in [0.29, 0.717) is 16.2 Å². The highest BCUT2D eigenvalue weighted by Gasteiger charge is 2.14. The summed E-state index contributed by atoms with van der Waals surface area (Å²) in [5.41, 5.74) is 2.42. The number of pyridine rings is 1. The normalized spacial score (nSPS) is 17.1. The third kappa shape index (κ3) is 3.71. The maximum absolute atomic E-state index is 5.93. The Balaban J connectivity index is 2.09. The summed E-state index contributed by atoms with van der Waals surface area (Å²) in [6.45, 7) is 7.76. The SMILES string of the molecule is CC(C)CN1CC=C(c2cc(Cl)nc(Cl)c2)CC1. The molecule has 1 aliphatic rings. The smallest absolute Gasteiger partial charge is 0.131 e. The van der Waals surface area contributed by atoms with Crippen molar-refractivity contribution in [3.8, 4) is 0 Å². The molecule has 0 atom stereocenters. The molecule has 0 bridgehead atoms. The fourth-order valence-electron chi connectivity index (χ4n) is 2.31. The molecule has 0 radical (unpaired) electrons. The molecule has 0 unspecified atom stereocenters. The molecule has 0 aliphatic carbocycles. The van der Waals surface area contributed by atoms with Crippen LogP contribution < -0.4 is 0 Å². The van der Waals surface area contributed by atoms with Gasteiger partial charge >= 0.3 is 0 Å². The highest BCUT2D eigenvalue weighted by molar-refractivity contribution is 6.32. The molecule has 0 aromatic carbocycles. The molecular weight excluding hydrogens is 267 g/mol. The van der Waals surface area contributed by atoms with Gasteiger partial charge in [-0.1, -0.05) is 43.1 Å². The lowest BCUT2D eigenvalue weighted by molar-refractivity contribution is 0.268. The Kier molecular flexibility index (Phi) is 4.66. The molecule has 0 saturated carbocycles. The summed E-state index contributed by atoms with van der Waals surface area (Å²) in [4.78, 5) is 6.45. The summed E-state index contributed by atoms with van der Waals surface area (Å²) >= 11 is 11.9. The van der Waals surface area contributed by atoms with Crippen LogP contribution in [0.1, 0.15) is 25.8 Å². The summed E-state index contributed by atoms with van der Waals surface area (Å²) in [6, 6.07) is 3.77. The van der Waals surface area contributed by atoms with E-state index in [1.54, 1.807) is 0 Å². The van der Waals surface area contributed by atoms with Crippen molar-refractivity contribution in [2.24, 2.45) is 5.92 Å². The highest BCUT2D eigenvalue weighted by Crippen LogP contribution is 2.26. The Bertz CT molecular complexity index is 435. The van der Waals surface area contributed by atoms with Gasteiger partial charge in [-0.15, -0.1) is 0 Å². The molecule has 1 aromatic heterocycles. The molecule has 1 aliphatic heterocycles. The zero-order valence-electron chi connectivity index (χ0n) is 10.8. The Morgan fingerprint density at radius 3 is 2.44 bits per heavy atom. The van der Waals surface area contributed by atoms with Crippen LogP contribution in [0, 0.1) is 5.92 Å². The predicted octanol–water partition coefficient (Wildman–Crippen LogP) is 4.13. The van der Waals surface area contributed by atoms with Crippen LogP contribution in [0.3, 0.4) is 0 Å². The number of aromatic nitrogens is 1. The fourth-order valence-corrected chi connectivity index (χ4v) is 2.77. The van der Waals surface area contributed by atoms with Gasteiger partial charge < -0.3 is 0 Å². The van der Waals surface area contributed by atoms with E-state index in [2.05, 4.69) is 29.8 Å². The topological polar surface area (TPSA) is 16.1 Å². The van der Waals surface area contributed by atoms with Crippen LogP contribution >= 0.6 is 23.2 Å². The van der Waals surface area contributed by atoms with E-state index in [-0.39, 0.29) is 0 Å². The molecule has 2 nitrogen and oxygen atoms in total. The zero-order valence-corrected chi connectivity index (χ0v) is 12.3. The van der Waals surface area contributed by atoms with Crippen molar-refractivity contribution in [3.63, 3.8) is 0 Å². The molecule has 2 heterocycles. The number of rotatable bonds is 3. The van der Waals surface area contributed by atoms with Crippen molar-refractivity contribution >= 4 is 28.8 Å². The first kappa shape index (κ1) is 13.9. The minimum Gasteiger partial charge on any atom is -0.299 e. The maximum Gasteiger partial charge on any atom is 0.131 e. The number of hydrogen-bond acceptors (Lipinski definition) is 2. The summed E-state index contributed by atoms with van der Waals surface area (Å²) in [5.74, 6) is 0.713. The van der Waals surface area contributed by atoms with E-state index in [4.69, 9.17) is 23.2 Å². The maximum atomic E-state index is 5.93. The molecule has 0 N–H and O–H groups in total. The summed E-state index contributed by atoms with van der Waals surface area (Å²) in [7, 11) is 0. The van der Waals surface area contributed by atoms with E-state index in [0.717, 1.165) is 31.6 Å². The molecule has 4 heteroatoms. The van der Waals surface area contributed by atoms with Gasteiger partial charge in [-0.05, 0) is 35.6 Å². The lowest BCUT2D eigenvalue weighted by Gasteiger charge is -2.27. The third-order valence-corrected chi connectivity index (χ3v) is 3.44. The lowest BCUT2D eigenvalue weighted by Crippen LogP contribution is -2.31. The average Bonchev–Trinajstić information content (AvgIpc) is 2.27. The van der Waals surface area contributed by atoms with Crippen molar-refractivity contribution in [1.29, 1.82) is 0 Å². The van der Waals surface area contributed by atoms with Gasteiger partial charge in [0, 0.05) is 19.6 Å². The van der Waals surface area contributed by atoms with Crippen LogP contribution in [0.2, 0.25) is 10.3 Å². The van der Waals surface area contributed by atoms with Gasteiger partial charge in [0.25, 0.3) is 0 Å². The largest absolute Gasteiger partial charge is 0.299 e. The molecule has 0 fully saturated rings. The first-order valence-electron chi connectivity index (χ1n) is 6.29. The number of halogens is 2. The Morgan fingerprint density at radius 1 is 1.28 bits per heavy atom. The molecule has 0 spiro atoms. The van der Waals surface area contributed by atoms with Gasteiger partial charge in [-0.25, -0.2) is 4.98 Å². The Morgan fingerprint density at radius 2 is 1.94 bits per heavy atom. The van der Waals surface area contributed by atoms with Crippen LogP contribution in [0.15, 0.2) is 18.2 Å². The molecule has 2 rings (SSSR count). The van der Waals surface area contributed by atoms with Gasteiger partial charge in [-0.2, -0.15) is 0 Å². The molecule has 1 aromatic rings. The third-order valence-electron chi connectivity index (χ3n) is 3.05. The molecule has 18 heavy (non-hydrogen) atoms. The number of nitrogens with zero attached hydrogens (tertiary/aromatic N) is 2. The van der Waals surface area contributed by atoms with E-state index in [9.17, 15) is 0 Å². The Labute approximate surface area is 119 Å². The van der Waals surface area contributed by atoms with Gasteiger partial charge in [0.1, 0.15) is 10.3 Å². The first-order chi connectivity index (χ1) is 8.54. The van der Waals surface area contributed by atoms with E-state index in [1.165, 1.54) is 5.57 Å². The minimum absolute atomic E-state index is 0.461. The van der Waals surface area contributed by atoms with Gasteiger partial charge in [0.05, 0.1) is 0 Å². The van der Waals surface area contributed by atoms with Crippen molar-refractivity contribution in [2.45, 2.75) is 20.3 Å².